The molecule has 0 bridgehead atoms. The van der Waals surface area contributed by atoms with Crippen LogP contribution < -0.4 is 0 Å². The number of hydrogen-bond acceptors (Lipinski definition) is 1. The first-order valence-corrected chi connectivity index (χ1v) is 6.33. The van der Waals surface area contributed by atoms with Gasteiger partial charge in [0.05, 0.1) is 0 Å². The van der Waals surface area contributed by atoms with Crippen molar-refractivity contribution in [2.75, 3.05) is 0 Å². The summed E-state index contributed by atoms with van der Waals surface area (Å²) in [5, 5.41) is 0.864. The lowest BCUT2D eigenvalue weighted by atomic mass is 9.91. The number of allylic oxidation sites excluding steroid dienone is 4. The van der Waals surface area contributed by atoms with E-state index in [1.54, 1.807) is 0 Å². The molecule has 0 fully saturated rings. The van der Waals surface area contributed by atoms with Gasteiger partial charge in [-0.2, -0.15) is 0 Å². The van der Waals surface area contributed by atoms with Crippen molar-refractivity contribution in [3.63, 3.8) is 0 Å². The molecule has 1 nitrogen and oxygen atoms in total. The molecule has 0 radical (unpaired) electrons. The minimum atomic E-state index is 0.207. The van der Waals surface area contributed by atoms with E-state index in [1.807, 2.05) is 6.08 Å². The quantitative estimate of drug-likeness (QED) is 0.615. The van der Waals surface area contributed by atoms with Gasteiger partial charge in [0.1, 0.15) is 11.9 Å². The maximum absolute atomic E-state index is 6.06. The Balaban J connectivity index is 2.08. The first kappa shape index (κ1) is 9.73. The molecule has 2 atom stereocenters. The van der Waals surface area contributed by atoms with Crippen molar-refractivity contribution in [1.82, 2.24) is 0 Å². The van der Waals surface area contributed by atoms with Crippen LogP contribution in [-0.4, -0.2) is 10.9 Å². The molecule has 2 unspecified atom stereocenters. The van der Waals surface area contributed by atoms with Crippen molar-refractivity contribution < 1.29 is 4.74 Å². The van der Waals surface area contributed by atoms with Gasteiger partial charge in [-0.25, -0.2) is 0 Å². The summed E-state index contributed by atoms with van der Waals surface area (Å²) >= 11 is 9.73. The maximum Gasteiger partial charge on any atom is 0.128 e. The summed E-state index contributed by atoms with van der Waals surface area (Å²) in [5.41, 5.74) is 2.60. The molecule has 0 aromatic heterocycles. The van der Waals surface area contributed by atoms with E-state index in [-0.39, 0.29) is 6.10 Å². The van der Waals surface area contributed by atoms with Crippen LogP contribution in [0, 0.1) is 0 Å². The molecule has 0 saturated heterocycles. The van der Waals surface area contributed by atoms with Gasteiger partial charge in [0, 0.05) is 27.4 Å². The average Bonchev–Trinajstić information content (AvgIpc) is 2.54. The Kier molecular flexibility index (Phi) is 2.29. The molecule has 2 aliphatic carbocycles. The van der Waals surface area contributed by atoms with E-state index in [9.17, 15) is 0 Å². The van der Waals surface area contributed by atoms with Gasteiger partial charge in [-0.05, 0) is 12.5 Å². The SMILES string of the molecule is ClC1=CC2=C(C3=CC=CCC3O2)C(Br)C1. The van der Waals surface area contributed by atoms with E-state index in [4.69, 9.17) is 16.3 Å². The highest BCUT2D eigenvalue weighted by atomic mass is 79.9. The Morgan fingerprint density at radius 1 is 1.47 bits per heavy atom. The van der Waals surface area contributed by atoms with Crippen molar-refractivity contribution in [2.24, 2.45) is 0 Å². The molecule has 0 N–H and O–H groups in total. The van der Waals surface area contributed by atoms with Crippen LogP contribution in [-0.2, 0) is 4.74 Å². The van der Waals surface area contributed by atoms with Crippen LogP contribution in [0.2, 0.25) is 0 Å². The molecule has 3 rings (SSSR count). The molecule has 0 aromatic carbocycles. The van der Waals surface area contributed by atoms with E-state index >= 15 is 0 Å². The van der Waals surface area contributed by atoms with Crippen molar-refractivity contribution in [2.45, 2.75) is 23.8 Å². The van der Waals surface area contributed by atoms with Gasteiger partial charge in [0.2, 0.25) is 0 Å². The Hall–Kier alpha value is -0.470. The highest BCUT2D eigenvalue weighted by molar-refractivity contribution is 9.09. The van der Waals surface area contributed by atoms with Gasteiger partial charge in [-0.1, -0.05) is 45.8 Å². The van der Waals surface area contributed by atoms with E-state index in [2.05, 4.69) is 34.2 Å². The van der Waals surface area contributed by atoms with Gasteiger partial charge in [-0.15, -0.1) is 0 Å². The Morgan fingerprint density at radius 2 is 2.33 bits per heavy atom. The lowest BCUT2D eigenvalue weighted by Crippen LogP contribution is -2.13. The number of ether oxygens (including phenoxy) is 1. The topological polar surface area (TPSA) is 9.23 Å². The summed E-state index contributed by atoms with van der Waals surface area (Å²) in [6.07, 6.45) is 10.4. The number of alkyl halides is 1. The number of fused-ring (bicyclic) bond motifs is 2. The lowest BCUT2D eigenvalue weighted by Gasteiger charge is -2.17. The third-order valence-electron chi connectivity index (χ3n) is 2.93. The number of halogens is 2. The van der Waals surface area contributed by atoms with Crippen LogP contribution in [0.4, 0.5) is 0 Å². The Labute approximate surface area is 102 Å². The number of rotatable bonds is 0. The second-order valence-electron chi connectivity index (χ2n) is 3.93. The zero-order valence-corrected chi connectivity index (χ0v) is 10.4. The minimum Gasteiger partial charge on any atom is -0.485 e. The summed E-state index contributed by atoms with van der Waals surface area (Å²) < 4.78 is 5.88. The largest absolute Gasteiger partial charge is 0.485 e. The molecule has 3 heteroatoms. The standard InChI is InChI=1S/C12H10BrClO/c13-9-5-7(14)6-11-12(9)8-3-1-2-4-10(8)15-11/h1-3,6,9-10H,4-5H2. The lowest BCUT2D eigenvalue weighted by molar-refractivity contribution is 0.177. The third-order valence-corrected chi connectivity index (χ3v) is 3.97. The predicted octanol–water partition coefficient (Wildman–Crippen LogP) is 3.82. The monoisotopic (exact) mass is 284 g/mol. The van der Waals surface area contributed by atoms with Gasteiger partial charge in [-0.3, -0.25) is 0 Å². The van der Waals surface area contributed by atoms with Crippen molar-refractivity contribution in [3.05, 3.63) is 46.2 Å². The van der Waals surface area contributed by atoms with Gasteiger partial charge >= 0.3 is 0 Å². The predicted molar refractivity (Wildman–Crippen MR) is 65.0 cm³/mol. The van der Waals surface area contributed by atoms with E-state index in [1.165, 1.54) is 11.1 Å². The van der Waals surface area contributed by atoms with Crippen molar-refractivity contribution >= 4 is 27.5 Å². The van der Waals surface area contributed by atoms with Crippen LogP contribution in [0.5, 0.6) is 0 Å². The summed E-state index contributed by atoms with van der Waals surface area (Å²) in [6, 6.07) is 0. The zero-order valence-electron chi connectivity index (χ0n) is 8.04. The van der Waals surface area contributed by atoms with Gasteiger partial charge in [0.25, 0.3) is 0 Å². The molecule has 0 aromatic rings. The molecule has 3 aliphatic rings. The van der Waals surface area contributed by atoms with E-state index in [0.29, 0.717) is 4.83 Å². The Bertz CT molecular complexity index is 431. The summed E-state index contributed by atoms with van der Waals surface area (Å²) in [6.45, 7) is 0. The number of hydrogen-bond donors (Lipinski definition) is 0. The van der Waals surface area contributed by atoms with Crippen LogP contribution in [0.15, 0.2) is 46.2 Å². The van der Waals surface area contributed by atoms with Crippen LogP contribution in [0.3, 0.4) is 0 Å². The second kappa shape index (κ2) is 3.53. The molecular formula is C12H10BrClO. The highest BCUT2D eigenvalue weighted by Crippen LogP contribution is 2.44. The maximum atomic E-state index is 6.06. The van der Waals surface area contributed by atoms with Crippen LogP contribution >= 0.6 is 27.5 Å². The summed E-state index contributed by atoms with van der Waals surface area (Å²) in [4.78, 5) is 0.299. The molecule has 0 spiro atoms. The fourth-order valence-electron chi connectivity index (χ4n) is 2.26. The first-order valence-electron chi connectivity index (χ1n) is 5.04. The molecule has 1 aliphatic heterocycles. The highest BCUT2D eigenvalue weighted by Gasteiger charge is 2.36. The normalized spacial score (nSPS) is 32.9. The van der Waals surface area contributed by atoms with E-state index in [0.717, 1.165) is 23.6 Å². The van der Waals surface area contributed by atoms with Crippen LogP contribution in [0.1, 0.15) is 12.8 Å². The van der Waals surface area contributed by atoms with Crippen molar-refractivity contribution in [3.8, 4) is 0 Å². The fourth-order valence-corrected chi connectivity index (χ4v) is 3.54. The summed E-state index contributed by atoms with van der Waals surface area (Å²) in [5.74, 6) is 0.952. The minimum absolute atomic E-state index is 0.207. The average molecular weight is 286 g/mol. The second-order valence-corrected chi connectivity index (χ2v) is 5.52. The molecule has 78 valence electrons. The molecule has 0 saturated carbocycles. The molecule has 0 amide bonds. The first-order chi connectivity index (χ1) is 7.25. The van der Waals surface area contributed by atoms with E-state index < -0.39 is 0 Å². The summed E-state index contributed by atoms with van der Waals surface area (Å²) in [7, 11) is 0. The van der Waals surface area contributed by atoms with Crippen LogP contribution in [0.25, 0.3) is 0 Å². The zero-order chi connectivity index (χ0) is 10.4. The molecule has 15 heavy (non-hydrogen) atoms. The van der Waals surface area contributed by atoms with Gasteiger partial charge in [0.15, 0.2) is 0 Å². The van der Waals surface area contributed by atoms with Crippen molar-refractivity contribution in [1.29, 1.82) is 0 Å². The molecular weight excluding hydrogens is 275 g/mol. The third kappa shape index (κ3) is 1.51. The van der Waals surface area contributed by atoms with Gasteiger partial charge < -0.3 is 4.74 Å². The smallest absolute Gasteiger partial charge is 0.128 e. The fraction of sp³-hybridized carbons (Fsp3) is 0.333. The molecule has 1 heterocycles. The Morgan fingerprint density at radius 3 is 3.20 bits per heavy atom.